The van der Waals surface area contributed by atoms with E-state index in [2.05, 4.69) is 22.6 Å². The number of hydrogen-bond acceptors (Lipinski definition) is 2. The maximum atomic E-state index is 5.77. The molecule has 1 aliphatic carbocycles. The van der Waals surface area contributed by atoms with E-state index in [1.54, 1.807) is 0 Å². The van der Waals surface area contributed by atoms with Crippen molar-refractivity contribution < 1.29 is 9.47 Å². The van der Waals surface area contributed by atoms with Crippen LogP contribution in [0.4, 0.5) is 0 Å². The minimum atomic E-state index is 0.0394. The Morgan fingerprint density at radius 1 is 1.21 bits per heavy atom. The van der Waals surface area contributed by atoms with Gasteiger partial charge < -0.3 is 9.47 Å². The van der Waals surface area contributed by atoms with E-state index < -0.39 is 0 Å². The molecule has 0 bridgehead atoms. The molecule has 5 heteroatoms. The maximum Gasteiger partial charge on any atom is 0.0840 e. The summed E-state index contributed by atoms with van der Waals surface area (Å²) in [7, 11) is 0. The van der Waals surface area contributed by atoms with Gasteiger partial charge in [0.05, 0.1) is 29.3 Å². The normalized spacial score (nSPS) is 20.8. The Morgan fingerprint density at radius 2 is 1.93 bits per heavy atom. The number of hydrogen-bond donors (Lipinski definition) is 0. The molecule has 0 aromatic heterocycles. The zero-order chi connectivity index (χ0) is 10.4. The van der Waals surface area contributed by atoms with Crippen LogP contribution in [-0.2, 0) is 9.47 Å². The van der Waals surface area contributed by atoms with E-state index in [4.69, 9.17) is 32.7 Å². The van der Waals surface area contributed by atoms with Gasteiger partial charge in [-0.15, -0.1) is 23.2 Å². The summed E-state index contributed by atoms with van der Waals surface area (Å²) in [6, 6.07) is 0. The van der Waals surface area contributed by atoms with Gasteiger partial charge >= 0.3 is 0 Å². The third-order valence-corrected chi connectivity index (χ3v) is 4.40. The average molecular weight is 353 g/mol. The van der Waals surface area contributed by atoms with Crippen molar-refractivity contribution in [2.75, 3.05) is 25.0 Å². The fourth-order valence-electron chi connectivity index (χ4n) is 0.994. The van der Waals surface area contributed by atoms with Gasteiger partial charge in [0.25, 0.3) is 0 Å². The molecule has 0 spiro atoms. The van der Waals surface area contributed by atoms with E-state index in [0.717, 1.165) is 0 Å². The molecule has 2 atom stereocenters. The Hall–Kier alpha value is 1.23. The molecular formula is C9H15Cl2IO2. The van der Waals surface area contributed by atoms with Gasteiger partial charge in [0.1, 0.15) is 0 Å². The van der Waals surface area contributed by atoms with Gasteiger partial charge in [0.15, 0.2) is 0 Å². The van der Waals surface area contributed by atoms with Crippen molar-refractivity contribution in [3.05, 3.63) is 0 Å². The van der Waals surface area contributed by atoms with Crippen molar-refractivity contribution in [1.82, 2.24) is 0 Å². The van der Waals surface area contributed by atoms with Crippen LogP contribution < -0.4 is 0 Å². The summed E-state index contributed by atoms with van der Waals surface area (Å²) < 4.78 is 11.3. The molecule has 0 aromatic rings. The molecule has 0 aromatic carbocycles. The van der Waals surface area contributed by atoms with Gasteiger partial charge in [0.2, 0.25) is 0 Å². The van der Waals surface area contributed by atoms with Crippen LogP contribution in [0.15, 0.2) is 0 Å². The second-order valence-corrected chi connectivity index (χ2v) is 5.52. The second kappa shape index (κ2) is 7.49. The minimum Gasteiger partial charge on any atom is -0.376 e. The van der Waals surface area contributed by atoms with Crippen LogP contribution in [0, 0.1) is 0 Å². The molecule has 0 amide bonds. The third kappa shape index (κ3) is 5.35. The molecule has 0 aliphatic heterocycles. The monoisotopic (exact) mass is 352 g/mol. The molecule has 0 radical (unpaired) electrons. The second-order valence-electron chi connectivity index (χ2n) is 3.30. The van der Waals surface area contributed by atoms with Crippen molar-refractivity contribution in [2.45, 2.75) is 29.0 Å². The summed E-state index contributed by atoms with van der Waals surface area (Å²) in [5, 5.41) is 0. The fourth-order valence-corrected chi connectivity index (χ4v) is 2.26. The van der Waals surface area contributed by atoms with E-state index in [1.165, 1.54) is 12.8 Å². The highest BCUT2D eigenvalue weighted by atomic mass is 127. The van der Waals surface area contributed by atoms with Gasteiger partial charge in [-0.1, -0.05) is 22.6 Å². The highest BCUT2D eigenvalue weighted by Gasteiger charge is 2.22. The summed E-state index contributed by atoms with van der Waals surface area (Å²) in [6.45, 7) is 1.29. The molecular weight excluding hydrogens is 338 g/mol. The number of alkyl halides is 3. The lowest BCUT2D eigenvalue weighted by molar-refractivity contribution is 0.0112. The molecule has 1 saturated carbocycles. The predicted octanol–water partition coefficient (Wildman–Crippen LogP) is 2.83. The highest BCUT2D eigenvalue weighted by Crippen LogP contribution is 2.23. The maximum absolute atomic E-state index is 5.77. The van der Waals surface area contributed by atoms with Crippen molar-refractivity contribution in [1.29, 1.82) is 0 Å². The van der Waals surface area contributed by atoms with Gasteiger partial charge in [0, 0.05) is 11.8 Å². The molecule has 0 heterocycles. The molecule has 1 fully saturated rings. The predicted molar refractivity (Wildman–Crippen MR) is 68.0 cm³/mol. The molecule has 1 aliphatic rings. The van der Waals surface area contributed by atoms with E-state index in [0.29, 0.717) is 31.1 Å². The first-order valence-corrected chi connectivity index (χ1v) is 7.08. The van der Waals surface area contributed by atoms with Crippen molar-refractivity contribution >= 4 is 45.8 Å². The van der Waals surface area contributed by atoms with Gasteiger partial charge in [-0.25, -0.2) is 0 Å². The van der Waals surface area contributed by atoms with Crippen molar-refractivity contribution in [3.8, 4) is 0 Å². The summed E-state index contributed by atoms with van der Waals surface area (Å²) >= 11 is 13.7. The van der Waals surface area contributed by atoms with Crippen LogP contribution >= 0.6 is 45.8 Å². The number of ether oxygens (including phenoxy) is 2. The van der Waals surface area contributed by atoms with E-state index in [-0.39, 0.29) is 10.0 Å². The molecule has 0 N–H and O–H groups in total. The Morgan fingerprint density at radius 3 is 2.43 bits per heavy atom. The molecule has 84 valence electrons. The average Bonchev–Trinajstić information content (AvgIpc) is 3.01. The molecule has 2 nitrogen and oxygen atoms in total. The Bertz CT molecular complexity index is 156. The summed E-state index contributed by atoms with van der Waals surface area (Å²) in [5.74, 6) is 1.06. The lowest BCUT2D eigenvalue weighted by Gasteiger charge is -2.18. The van der Waals surface area contributed by atoms with Crippen LogP contribution in [0.3, 0.4) is 0 Å². The van der Waals surface area contributed by atoms with E-state index in [9.17, 15) is 0 Å². The van der Waals surface area contributed by atoms with Gasteiger partial charge in [-0.2, -0.15) is 0 Å². The van der Waals surface area contributed by atoms with E-state index >= 15 is 0 Å². The van der Waals surface area contributed by atoms with Gasteiger partial charge in [-0.05, 0) is 12.8 Å². The minimum absolute atomic E-state index is 0.0394. The SMILES string of the molecule is ClCC(I)C(CCl)OCCOC1CC1. The standard InChI is InChI=1S/C9H15Cl2IO2/c10-5-8(12)9(6-11)14-4-3-13-7-1-2-7/h7-9H,1-6H2. The van der Waals surface area contributed by atoms with Crippen LogP contribution in [-0.4, -0.2) is 41.1 Å². The summed E-state index contributed by atoms with van der Waals surface area (Å²) in [4.78, 5) is 0. The smallest absolute Gasteiger partial charge is 0.0840 e. The molecule has 0 saturated heterocycles. The largest absolute Gasteiger partial charge is 0.376 e. The topological polar surface area (TPSA) is 18.5 Å². The third-order valence-electron chi connectivity index (χ3n) is 2.00. The van der Waals surface area contributed by atoms with Crippen LogP contribution in [0.2, 0.25) is 0 Å². The first kappa shape index (κ1) is 13.3. The molecule has 2 unspecified atom stereocenters. The van der Waals surface area contributed by atoms with Crippen molar-refractivity contribution in [3.63, 3.8) is 0 Å². The number of rotatable bonds is 8. The van der Waals surface area contributed by atoms with Crippen molar-refractivity contribution in [2.24, 2.45) is 0 Å². The number of halogens is 3. The summed E-state index contributed by atoms with van der Waals surface area (Å²) in [5.41, 5.74) is 0. The first-order chi connectivity index (χ1) is 6.77. The lowest BCUT2D eigenvalue weighted by Crippen LogP contribution is -2.28. The van der Waals surface area contributed by atoms with Gasteiger partial charge in [-0.3, -0.25) is 0 Å². The Kier molecular flexibility index (Phi) is 7.12. The quantitative estimate of drug-likeness (QED) is 0.380. The van der Waals surface area contributed by atoms with Crippen LogP contribution in [0.5, 0.6) is 0 Å². The Labute approximate surface area is 109 Å². The Balaban J connectivity index is 2.00. The lowest BCUT2D eigenvalue weighted by atomic mass is 10.3. The fraction of sp³-hybridized carbons (Fsp3) is 1.00. The van der Waals surface area contributed by atoms with E-state index in [1.807, 2.05) is 0 Å². The molecule has 1 rings (SSSR count). The molecule has 14 heavy (non-hydrogen) atoms. The first-order valence-electron chi connectivity index (χ1n) is 4.77. The highest BCUT2D eigenvalue weighted by molar-refractivity contribution is 14.1. The zero-order valence-electron chi connectivity index (χ0n) is 7.93. The van der Waals surface area contributed by atoms with Crippen LogP contribution in [0.25, 0.3) is 0 Å². The zero-order valence-corrected chi connectivity index (χ0v) is 11.6. The summed E-state index contributed by atoms with van der Waals surface area (Å²) in [6.07, 6.45) is 2.94. The van der Waals surface area contributed by atoms with Crippen LogP contribution in [0.1, 0.15) is 12.8 Å².